The first-order valence-electron chi connectivity index (χ1n) is 8.70. The zero-order chi connectivity index (χ0) is 17.9. The second-order valence-corrected chi connectivity index (χ2v) is 5.84. The fraction of sp³-hybridized carbons (Fsp3) is 0.350. The van der Waals surface area contributed by atoms with Gasteiger partial charge in [0.05, 0.1) is 12.2 Å². The normalized spacial score (nSPS) is 9.88. The van der Waals surface area contributed by atoms with Gasteiger partial charge in [0.2, 0.25) is 5.91 Å². The molecule has 2 rings (SSSR count). The van der Waals surface area contributed by atoms with Crippen LogP contribution in [0.15, 0.2) is 54.9 Å². The lowest BCUT2D eigenvalue weighted by atomic mass is 10.2. The topological polar surface area (TPSA) is 59.3 Å². The van der Waals surface area contributed by atoms with Gasteiger partial charge in [-0.15, -0.1) is 0 Å². The summed E-state index contributed by atoms with van der Waals surface area (Å²) in [5.41, 5.74) is 1.07. The van der Waals surface area contributed by atoms with E-state index in [0.29, 0.717) is 24.3 Å². The van der Waals surface area contributed by atoms with Crippen molar-refractivity contribution in [3.63, 3.8) is 0 Å². The van der Waals surface area contributed by atoms with E-state index in [9.17, 15) is 9.59 Å². The number of nitrogens with one attached hydrogen (secondary N) is 1. The highest BCUT2D eigenvalue weighted by atomic mass is 79.9. The third-order valence-corrected chi connectivity index (χ3v) is 3.67. The van der Waals surface area contributed by atoms with E-state index in [2.05, 4.69) is 9.88 Å². The molecule has 0 bridgehead atoms. The zero-order valence-electron chi connectivity index (χ0n) is 15.0. The molecule has 0 saturated heterocycles. The van der Waals surface area contributed by atoms with E-state index in [1.54, 1.807) is 24.3 Å². The molecule has 0 spiro atoms. The quantitative estimate of drug-likeness (QED) is 0.361. The molecule has 0 aliphatic rings. The third kappa shape index (κ3) is 7.78. The summed E-state index contributed by atoms with van der Waals surface area (Å²) in [4.78, 5) is 23.9. The maximum Gasteiger partial charge on any atom is 0.338 e. The van der Waals surface area contributed by atoms with Crippen LogP contribution in [0, 0.1) is 0 Å². The molecule has 26 heavy (non-hydrogen) atoms. The third-order valence-electron chi connectivity index (χ3n) is 3.67. The standard InChI is InChI=1S/C20H24N2O3.BrH/c1-2-15-25-20(24)17-9-8-10-18(16-17)21-19(23)11-4-7-14-22-12-5-3-6-13-22;/h3,5-6,8-10,12-13,16H,2,4,7,11,14-15H2,1H3;1H. The van der Waals surface area contributed by atoms with E-state index in [0.717, 1.165) is 25.8 Å². The van der Waals surface area contributed by atoms with Gasteiger partial charge in [-0.05, 0) is 31.0 Å². The number of hydrogen-bond donors (Lipinski definition) is 1. The number of anilines is 1. The van der Waals surface area contributed by atoms with E-state index < -0.39 is 0 Å². The van der Waals surface area contributed by atoms with Crippen molar-refractivity contribution >= 4 is 17.6 Å². The Morgan fingerprint density at radius 1 is 1.08 bits per heavy atom. The Bertz CT molecular complexity index is 692. The Morgan fingerprint density at radius 2 is 1.85 bits per heavy atom. The van der Waals surface area contributed by atoms with Crippen LogP contribution in [0.4, 0.5) is 5.69 Å². The molecule has 0 fully saturated rings. The summed E-state index contributed by atoms with van der Waals surface area (Å²) in [5.74, 6) is -0.407. The Kier molecular flexibility index (Phi) is 10.2. The van der Waals surface area contributed by atoms with Gasteiger partial charge in [-0.1, -0.05) is 19.1 Å². The number of ether oxygens (including phenoxy) is 1. The summed E-state index contributed by atoms with van der Waals surface area (Å²) < 4.78 is 7.21. The molecule has 0 unspecified atom stereocenters. The van der Waals surface area contributed by atoms with Crippen LogP contribution in [0.3, 0.4) is 0 Å². The van der Waals surface area contributed by atoms with Gasteiger partial charge in [0, 0.05) is 30.7 Å². The fourth-order valence-electron chi connectivity index (χ4n) is 2.39. The fourth-order valence-corrected chi connectivity index (χ4v) is 2.39. The van der Waals surface area contributed by atoms with Crippen LogP contribution >= 0.6 is 0 Å². The number of hydrogen-bond acceptors (Lipinski definition) is 3. The number of aryl methyl sites for hydroxylation is 1. The Balaban J connectivity index is 0.00000338. The zero-order valence-corrected chi connectivity index (χ0v) is 16.6. The SMILES string of the molecule is CCCOC(=O)c1cccc(NC(=O)CCCC[n+]2ccccc2)c1.[Br-]. The number of benzene rings is 1. The Hall–Kier alpha value is -2.21. The number of carbonyl (C=O) groups is 2. The van der Waals surface area contributed by atoms with Gasteiger partial charge in [-0.3, -0.25) is 4.79 Å². The average Bonchev–Trinajstić information content (AvgIpc) is 2.64. The maximum atomic E-state index is 12.0. The van der Waals surface area contributed by atoms with E-state index in [-0.39, 0.29) is 28.9 Å². The number of halogens is 1. The highest BCUT2D eigenvalue weighted by molar-refractivity contribution is 5.94. The van der Waals surface area contributed by atoms with Crippen LogP contribution in [0.25, 0.3) is 0 Å². The highest BCUT2D eigenvalue weighted by Gasteiger charge is 2.09. The summed E-state index contributed by atoms with van der Waals surface area (Å²) in [6.07, 6.45) is 7.02. The molecule has 0 aliphatic carbocycles. The minimum atomic E-state index is -0.363. The van der Waals surface area contributed by atoms with Gasteiger partial charge < -0.3 is 27.0 Å². The van der Waals surface area contributed by atoms with Crippen LogP contribution in [-0.2, 0) is 16.1 Å². The van der Waals surface area contributed by atoms with Crippen molar-refractivity contribution in [1.29, 1.82) is 0 Å². The van der Waals surface area contributed by atoms with Crippen LogP contribution in [0.2, 0.25) is 0 Å². The van der Waals surface area contributed by atoms with Crippen molar-refractivity contribution in [2.45, 2.75) is 39.2 Å². The molecule has 1 heterocycles. The highest BCUT2D eigenvalue weighted by Crippen LogP contribution is 2.13. The van der Waals surface area contributed by atoms with E-state index in [4.69, 9.17) is 4.74 Å². The molecule has 5 nitrogen and oxygen atoms in total. The molecule has 0 aliphatic heterocycles. The number of pyridine rings is 1. The molecular formula is C20H25BrN2O3. The lowest BCUT2D eigenvalue weighted by molar-refractivity contribution is -0.697. The maximum absolute atomic E-state index is 12.0. The number of unbranched alkanes of at least 4 members (excludes halogenated alkanes) is 1. The molecule has 1 amide bonds. The first-order valence-corrected chi connectivity index (χ1v) is 8.70. The van der Waals surface area contributed by atoms with Crippen molar-refractivity contribution < 1.29 is 35.9 Å². The van der Waals surface area contributed by atoms with E-state index >= 15 is 0 Å². The number of nitrogens with zero attached hydrogens (tertiary/aromatic N) is 1. The largest absolute Gasteiger partial charge is 1.00 e. The summed E-state index contributed by atoms with van der Waals surface area (Å²) in [6, 6.07) is 12.8. The van der Waals surface area contributed by atoms with Gasteiger partial charge in [0.25, 0.3) is 0 Å². The minimum absolute atomic E-state index is 0. The van der Waals surface area contributed by atoms with Gasteiger partial charge in [-0.2, -0.15) is 0 Å². The molecule has 2 aromatic rings. The van der Waals surface area contributed by atoms with Crippen molar-refractivity contribution in [2.75, 3.05) is 11.9 Å². The molecular weight excluding hydrogens is 396 g/mol. The lowest BCUT2D eigenvalue weighted by Crippen LogP contribution is -3.00. The first kappa shape index (κ1) is 21.8. The number of rotatable bonds is 9. The van der Waals surface area contributed by atoms with Crippen LogP contribution < -0.4 is 26.9 Å². The van der Waals surface area contributed by atoms with Crippen molar-refractivity contribution in [2.24, 2.45) is 0 Å². The molecule has 0 saturated carbocycles. The molecule has 0 atom stereocenters. The van der Waals surface area contributed by atoms with Crippen molar-refractivity contribution in [3.8, 4) is 0 Å². The average molecular weight is 421 g/mol. The molecule has 6 heteroatoms. The molecule has 1 aromatic heterocycles. The summed E-state index contributed by atoms with van der Waals surface area (Å²) in [5, 5.41) is 2.84. The van der Waals surface area contributed by atoms with Gasteiger partial charge in [0.1, 0.15) is 6.54 Å². The lowest BCUT2D eigenvalue weighted by Gasteiger charge is -2.07. The van der Waals surface area contributed by atoms with Crippen LogP contribution in [-0.4, -0.2) is 18.5 Å². The molecule has 1 aromatic carbocycles. The molecule has 140 valence electrons. The van der Waals surface area contributed by atoms with E-state index in [1.165, 1.54) is 0 Å². The second kappa shape index (κ2) is 12.2. The van der Waals surface area contributed by atoms with Crippen molar-refractivity contribution in [1.82, 2.24) is 0 Å². The molecule has 0 radical (unpaired) electrons. The first-order chi connectivity index (χ1) is 12.2. The Labute approximate surface area is 165 Å². The number of aromatic nitrogens is 1. The van der Waals surface area contributed by atoms with Crippen molar-refractivity contribution in [3.05, 3.63) is 60.4 Å². The van der Waals surface area contributed by atoms with Crippen LogP contribution in [0.1, 0.15) is 43.0 Å². The van der Waals surface area contributed by atoms with Gasteiger partial charge in [-0.25, -0.2) is 9.36 Å². The summed E-state index contributed by atoms with van der Waals surface area (Å²) in [6.45, 7) is 3.24. The monoisotopic (exact) mass is 420 g/mol. The number of esters is 1. The van der Waals surface area contributed by atoms with Gasteiger partial charge in [0.15, 0.2) is 12.4 Å². The summed E-state index contributed by atoms with van der Waals surface area (Å²) in [7, 11) is 0. The number of carbonyl (C=O) groups excluding carboxylic acids is 2. The molecule has 1 N–H and O–H groups in total. The van der Waals surface area contributed by atoms with Gasteiger partial charge >= 0.3 is 5.97 Å². The minimum Gasteiger partial charge on any atom is -1.00 e. The second-order valence-electron chi connectivity index (χ2n) is 5.84. The Morgan fingerprint density at radius 3 is 2.58 bits per heavy atom. The predicted molar refractivity (Wildman–Crippen MR) is 96.1 cm³/mol. The number of amides is 1. The van der Waals surface area contributed by atoms with E-state index in [1.807, 2.05) is 37.5 Å². The predicted octanol–water partition coefficient (Wildman–Crippen LogP) is 0.354. The van der Waals surface area contributed by atoms with Crippen LogP contribution in [0.5, 0.6) is 0 Å². The summed E-state index contributed by atoms with van der Waals surface area (Å²) >= 11 is 0. The smallest absolute Gasteiger partial charge is 0.338 e.